The van der Waals surface area contributed by atoms with Gasteiger partial charge in [-0.3, -0.25) is 9.36 Å². The van der Waals surface area contributed by atoms with Crippen LogP contribution in [-0.2, 0) is 4.79 Å². The Morgan fingerprint density at radius 2 is 1.90 bits per heavy atom. The predicted octanol–water partition coefficient (Wildman–Crippen LogP) is 2.08. The molecule has 0 aromatic carbocycles. The monoisotopic (exact) mass is 309 g/mol. The van der Waals surface area contributed by atoms with Crippen LogP contribution in [0.3, 0.4) is 0 Å². The lowest BCUT2D eigenvalue weighted by Crippen LogP contribution is -2.37. The number of likely N-dealkylation sites (tertiary alicyclic amines) is 1. The first-order chi connectivity index (χ1) is 10.2. The molecule has 21 heavy (non-hydrogen) atoms. The fraction of sp³-hybridized carbons (Fsp3) is 0.786. The molecule has 1 aliphatic heterocycles. The molecular formula is C14H23N5OS. The Bertz CT molecular complexity index is 505. The maximum atomic E-state index is 12.6. The second-order valence-electron chi connectivity index (χ2n) is 5.94. The third kappa shape index (κ3) is 3.33. The van der Waals surface area contributed by atoms with Crippen LogP contribution < -0.4 is 5.73 Å². The molecule has 1 saturated heterocycles. The molecule has 1 amide bonds. The summed E-state index contributed by atoms with van der Waals surface area (Å²) in [6.45, 7) is 3.74. The average molecular weight is 309 g/mol. The van der Waals surface area contributed by atoms with Gasteiger partial charge >= 0.3 is 0 Å². The van der Waals surface area contributed by atoms with Gasteiger partial charge in [0.1, 0.15) is 0 Å². The molecule has 1 aliphatic carbocycles. The summed E-state index contributed by atoms with van der Waals surface area (Å²) in [6, 6.07) is 0.433. The number of rotatable bonds is 4. The van der Waals surface area contributed by atoms with Crippen molar-refractivity contribution in [3.05, 3.63) is 0 Å². The van der Waals surface area contributed by atoms with E-state index in [1.54, 1.807) is 0 Å². The Kier molecular flexibility index (Phi) is 4.37. The van der Waals surface area contributed by atoms with Crippen LogP contribution in [0.15, 0.2) is 5.16 Å². The molecule has 3 rings (SSSR count). The lowest BCUT2D eigenvalue weighted by atomic mass is 10.2. The minimum absolute atomic E-state index is 0.135. The van der Waals surface area contributed by atoms with Gasteiger partial charge in [-0.25, -0.2) is 0 Å². The van der Waals surface area contributed by atoms with E-state index in [-0.39, 0.29) is 11.2 Å². The van der Waals surface area contributed by atoms with Gasteiger partial charge in [-0.2, -0.15) is 0 Å². The van der Waals surface area contributed by atoms with Crippen LogP contribution in [-0.4, -0.2) is 43.9 Å². The number of carbonyl (C=O) groups excluding carboxylic acids is 1. The number of amides is 1. The van der Waals surface area contributed by atoms with Crippen LogP contribution in [0.25, 0.3) is 0 Å². The van der Waals surface area contributed by atoms with Gasteiger partial charge in [-0.05, 0) is 32.6 Å². The zero-order chi connectivity index (χ0) is 14.8. The van der Waals surface area contributed by atoms with Crippen molar-refractivity contribution in [1.82, 2.24) is 19.7 Å². The quantitative estimate of drug-likeness (QED) is 0.862. The molecule has 0 spiro atoms. The fourth-order valence-electron chi connectivity index (χ4n) is 2.80. The van der Waals surface area contributed by atoms with Gasteiger partial charge in [-0.15, -0.1) is 10.2 Å². The predicted molar refractivity (Wildman–Crippen MR) is 83.1 cm³/mol. The standard InChI is InChI=1S/C14H23N5OS/c1-10(12(20)18-8-4-2-3-5-9-18)21-14-17-16-13(15)19(14)11-6-7-11/h10-11H,2-9H2,1H3,(H2,15,16). The highest BCUT2D eigenvalue weighted by Crippen LogP contribution is 2.40. The number of carbonyl (C=O) groups is 1. The van der Waals surface area contributed by atoms with Crippen molar-refractivity contribution >= 4 is 23.6 Å². The summed E-state index contributed by atoms with van der Waals surface area (Å²) in [6.07, 6.45) is 6.97. The molecular weight excluding hydrogens is 286 g/mol. The van der Waals surface area contributed by atoms with Crippen LogP contribution in [0.1, 0.15) is 51.5 Å². The highest BCUT2D eigenvalue weighted by Gasteiger charge is 2.31. The molecule has 1 aromatic rings. The molecule has 1 saturated carbocycles. The van der Waals surface area contributed by atoms with E-state index in [2.05, 4.69) is 10.2 Å². The van der Waals surface area contributed by atoms with Crippen molar-refractivity contribution in [2.24, 2.45) is 0 Å². The second kappa shape index (κ2) is 6.25. The van der Waals surface area contributed by atoms with Crippen molar-refractivity contribution < 1.29 is 4.79 Å². The van der Waals surface area contributed by atoms with E-state index in [1.165, 1.54) is 24.6 Å². The van der Waals surface area contributed by atoms with Gasteiger partial charge in [0, 0.05) is 19.1 Å². The molecule has 1 unspecified atom stereocenters. The highest BCUT2D eigenvalue weighted by molar-refractivity contribution is 8.00. The zero-order valence-corrected chi connectivity index (χ0v) is 13.3. The first kappa shape index (κ1) is 14.7. The third-order valence-corrected chi connectivity index (χ3v) is 5.19. The summed E-state index contributed by atoms with van der Waals surface area (Å²) < 4.78 is 1.98. The van der Waals surface area contributed by atoms with E-state index in [9.17, 15) is 4.79 Å². The number of nitrogen functional groups attached to an aromatic ring is 1. The van der Waals surface area contributed by atoms with Crippen molar-refractivity contribution in [3.63, 3.8) is 0 Å². The van der Waals surface area contributed by atoms with Crippen LogP contribution in [0.2, 0.25) is 0 Å². The van der Waals surface area contributed by atoms with Crippen LogP contribution in [0.4, 0.5) is 5.95 Å². The first-order valence-electron chi connectivity index (χ1n) is 7.82. The van der Waals surface area contributed by atoms with E-state index in [0.29, 0.717) is 12.0 Å². The smallest absolute Gasteiger partial charge is 0.235 e. The molecule has 1 atom stereocenters. The Morgan fingerprint density at radius 1 is 1.24 bits per heavy atom. The van der Waals surface area contributed by atoms with Gasteiger partial charge in [0.15, 0.2) is 5.16 Å². The maximum Gasteiger partial charge on any atom is 0.235 e. The SMILES string of the molecule is CC(Sc1nnc(N)n1C1CC1)C(=O)N1CCCCCC1. The number of nitrogens with zero attached hydrogens (tertiary/aromatic N) is 4. The molecule has 2 N–H and O–H groups in total. The van der Waals surface area contributed by atoms with Gasteiger partial charge < -0.3 is 10.6 Å². The van der Waals surface area contributed by atoms with E-state index in [1.807, 2.05) is 16.4 Å². The molecule has 2 fully saturated rings. The van der Waals surface area contributed by atoms with Gasteiger partial charge in [0.2, 0.25) is 11.9 Å². The minimum atomic E-state index is -0.135. The second-order valence-corrected chi connectivity index (χ2v) is 7.25. The van der Waals surface area contributed by atoms with E-state index in [4.69, 9.17) is 5.73 Å². The molecule has 2 aliphatic rings. The summed E-state index contributed by atoms with van der Waals surface area (Å²) >= 11 is 1.49. The summed E-state index contributed by atoms with van der Waals surface area (Å²) in [5.41, 5.74) is 5.88. The number of hydrogen-bond donors (Lipinski definition) is 1. The van der Waals surface area contributed by atoms with E-state index >= 15 is 0 Å². The first-order valence-corrected chi connectivity index (χ1v) is 8.70. The number of anilines is 1. The van der Waals surface area contributed by atoms with Crippen molar-refractivity contribution in [2.75, 3.05) is 18.8 Å². The molecule has 116 valence electrons. The van der Waals surface area contributed by atoms with Gasteiger partial charge in [0.05, 0.1) is 5.25 Å². The number of hydrogen-bond acceptors (Lipinski definition) is 5. The Morgan fingerprint density at radius 3 is 2.52 bits per heavy atom. The Balaban J connectivity index is 1.65. The zero-order valence-electron chi connectivity index (χ0n) is 12.5. The average Bonchev–Trinajstić information content (AvgIpc) is 3.27. The van der Waals surface area contributed by atoms with Crippen LogP contribution in [0.5, 0.6) is 0 Å². The summed E-state index contributed by atoms with van der Waals surface area (Å²) in [4.78, 5) is 14.6. The van der Waals surface area contributed by atoms with Gasteiger partial charge in [-0.1, -0.05) is 24.6 Å². The summed E-state index contributed by atoms with van der Waals surface area (Å²) in [7, 11) is 0. The lowest BCUT2D eigenvalue weighted by molar-refractivity contribution is -0.130. The number of thioether (sulfide) groups is 1. The number of aromatic nitrogens is 3. The third-order valence-electron chi connectivity index (χ3n) is 4.15. The Labute approximate surface area is 129 Å². The summed E-state index contributed by atoms with van der Waals surface area (Å²) in [5.74, 6) is 0.681. The summed E-state index contributed by atoms with van der Waals surface area (Å²) in [5, 5.41) is 8.75. The maximum absolute atomic E-state index is 12.6. The van der Waals surface area contributed by atoms with Crippen molar-refractivity contribution in [3.8, 4) is 0 Å². The molecule has 2 heterocycles. The molecule has 7 heteroatoms. The molecule has 0 radical (unpaired) electrons. The topological polar surface area (TPSA) is 77.0 Å². The molecule has 6 nitrogen and oxygen atoms in total. The highest BCUT2D eigenvalue weighted by atomic mass is 32.2. The van der Waals surface area contributed by atoms with Crippen molar-refractivity contribution in [2.45, 2.75) is 61.9 Å². The molecule has 1 aromatic heterocycles. The Hall–Kier alpha value is -1.24. The lowest BCUT2D eigenvalue weighted by Gasteiger charge is -2.23. The van der Waals surface area contributed by atoms with Gasteiger partial charge in [0.25, 0.3) is 0 Å². The van der Waals surface area contributed by atoms with Crippen LogP contribution in [0, 0.1) is 0 Å². The number of nitrogens with two attached hydrogens (primary N) is 1. The minimum Gasteiger partial charge on any atom is -0.368 e. The van der Waals surface area contributed by atoms with E-state index < -0.39 is 0 Å². The normalized spacial score (nSPS) is 21.1. The van der Waals surface area contributed by atoms with Crippen LogP contribution >= 0.6 is 11.8 Å². The largest absolute Gasteiger partial charge is 0.368 e. The molecule has 0 bridgehead atoms. The van der Waals surface area contributed by atoms with Crippen molar-refractivity contribution in [1.29, 1.82) is 0 Å². The van der Waals surface area contributed by atoms with E-state index in [0.717, 1.165) is 43.9 Å². The fourth-order valence-corrected chi connectivity index (χ4v) is 3.81.